The van der Waals surface area contributed by atoms with Gasteiger partial charge in [-0.2, -0.15) is 0 Å². The van der Waals surface area contributed by atoms with E-state index in [9.17, 15) is 8.42 Å². The molecule has 0 radical (unpaired) electrons. The molecule has 3 nitrogen and oxygen atoms in total. The Labute approximate surface area is 96.1 Å². The van der Waals surface area contributed by atoms with Crippen LogP contribution in [0.1, 0.15) is 0 Å². The monoisotopic (exact) mass is 261 g/mol. The highest BCUT2D eigenvalue weighted by atomic mass is 35.7. The SMILES string of the molecule is O=S(=O)(Cl)c1cc(Cl)cc2cccnc12. The number of fused-ring (bicyclic) bond motifs is 1. The Morgan fingerprint density at radius 3 is 2.67 bits per heavy atom. The van der Waals surface area contributed by atoms with Gasteiger partial charge in [0.1, 0.15) is 4.90 Å². The standard InChI is InChI=1S/C9H5Cl2NO2S/c10-7-4-6-2-1-3-12-9(6)8(5-7)15(11,13)14/h1-5H. The summed E-state index contributed by atoms with van der Waals surface area (Å²) in [6, 6.07) is 6.34. The van der Waals surface area contributed by atoms with Crippen molar-refractivity contribution >= 4 is 42.2 Å². The smallest absolute Gasteiger partial charge is 0.255 e. The van der Waals surface area contributed by atoms with E-state index in [-0.39, 0.29) is 4.90 Å². The van der Waals surface area contributed by atoms with Crippen LogP contribution in [0.15, 0.2) is 35.4 Å². The van der Waals surface area contributed by atoms with Crippen LogP contribution in [0, 0.1) is 0 Å². The van der Waals surface area contributed by atoms with E-state index in [0.29, 0.717) is 15.9 Å². The summed E-state index contributed by atoms with van der Waals surface area (Å²) in [5.74, 6) is 0. The van der Waals surface area contributed by atoms with Gasteiger partial charge in [0.25, 0.3) is 9.05 Å². The molecule has 0 bridgehead atoms. The van der Waals surface area contributed by atoms with Gasteiger partial charge in [0.15, 0.2) is 0 Å². The lowest BCUT2D eigenvalue weighted by molar-refractivity contribution is 0.610. The molecule has 0 aliphatic carbocycles. The van der Waals surface area contributed by atoms with Gasteiger partial charge in [0, 0.05) is 27.3 Å². The molecule has 0 saturated heterocycles. The van der Waals surface area contributed by atoms with Crippen LogP contribution in [0.5, 0.6) is 0 Å². The highest BCUT2D eigenvalue weighted by Crippen LogP contribution is 2.27. The maximum absolute atomic E-state index is 11.3. The molecule has 78 valence electrons. The van der Waals surface area contributed by atoms with Crippen LogP contribution in [0.4, 0.5) is 0 Å². The number of benzene rings is 1. The maximum Gasteiger partial charge on any atom is 0.263 e. The van der Waals surface area contributed by atoms with Gasteiger partial charge in [-0.25, -0.2) is 8.42 Å². The summed E-state index contributed by atoms with van der Waals surface area (Å²) in [6.07, 6.45) is 1.50. The molecule has 6 heteroatoms. The first-order chi connectivity index (χ1) is 6.98. The van der Waals surface area contributed by atoms with Crippen molar-refractivity contribution in [2.24, 2.45) is 0 Å². The first-order valence-electron chi connectivity index (χ1n) is 3.97. The fraction of sp³-hybridized carbons (Fsp3) is 0. The van der Waals surface area contributed by atoms with Crippen LogP contribution >= 0.6 is 22.3 Å². The summed E-state index contributed by atoms with van der Waals surface area (Å²) in [7, 11) is 1.46. The summed E-state index contributed by atoms with van der Waals surface area (Å²) in [6.45, 7) is 0. The zero-order valence-corrected chi connectivity index (χ0v) is 9.64. The number of hydrogen-bond acceptors (Lipinski definition) is 3. The maximum atomic E-state index is 11.3. The van der Waals surface area contributed by atoms with E-state index >= 15 is 0 Å². The molecule has 0 atom stereocenters. The number of rotatable bonds is 1. The van der Waals surface area contributed by atoms with Gasteiger partial charge in [-0.05, 0) is 18.2 Å². The first kappa shape index (κ1) is 10.7. The largest absolute Gasteiger partial charge is 0.263 e. The summed E-state index contributed by atoms with van der Waals surface area (Å²) in [5.41, 5.74) is 0.330. The van der Waals surface area contributed by atoms with E-state index in [0.717, 1.165) is 0 Å². The third kappa shape index (κ3) is 2.07. The highest BCUT2D eigenvalue weighted by Gasteiger charge is 2.16. The predicted molar refractivity (Wildman–Crippen MR) is 59.8 cm³/mol. The van der Waals surface area contributed by atoms with Crippen molar-refractivity contribution in [1.82, 2.24) is 4.98 Å². The van der Waals surface area contributed by atoms with Crippen LogP contribution in [-0.4, -0.2) is 13.4 Å². The molecular weight excluding hydrogens is 257 g/mol. The van der Waals surface area contributed by atoms with Crippen LogP contribution in [0.25, 0.3) is 10.9 Å². The second kappa shape index (κ2) is 3.63. The van der Waals surface area contributed by atoms with Gasteiger partial charge < -0.3 is 0 Å². The van der Waals surface area contributed by atoms with E-state index in [1.807, 2.05) is 0 Å². The minimum atomic E-state index is -3.83. The molecule has 0 spiro atoms. The molecule has 0 fully saturated rings. The first-order valence-corrected chi connectivity index (χ1v) is 6.66. The molecule has 1 heterocycles. The Morgan fingerprint density at radius 2 is 2.00 bits per heavy atom. The van der Waals surface area contributed by atoms with Crippen LogP contribution in [0.3, 0.4) is 0 Å². The van der Waals surface area contributed by atoms with Crippen LogP contribution in [-0.2, 0) is 9.05 Å². The van der Waals surface area contributed by atoms with Crippen LogP contribution < -0.4 is 0 Å². The van der Waals surface area contributed by atoms with E-state index < -0.39 is 9.05 Å². The fourth-order valence-electron chi connectivity index (χ4n) is 1.31. The zero-order valence-electron chi connectivity index (χ0n) is 7.31. The molecule has 2 aromatic rings. The van der Waals surface area contributed by atoms with Crippen molar-refractivity contribution < 1.29 is 8.42 Å². The molecule has 15 heavy (non-hydrogen) atoms. The van der Waals surface area contributed by atoms with E-state index in [1.54, 1.807) is 18.2 Å². The molecule has 0 aliphatic rings. The lowest BCUT2D eigenvalue weighted by Gasteiger charge is -2.02. The summed E-state index contributed by atoms with van der Waals surface area (Å²) in [5, 5.41) is 0.957. The lowest BCUT2D eigenvalue weighted by atomic mass is 10.2. The van der Waals surface area contributed by atoms with Crippen LogP contribution in [0.2, 0.25) is 5.02 Å². The number of nitrogens with zero attached hydrogens (tertiary/aromatic N) is 1. The Kier molecular flexibility index (Phi) is 2.58. The quantitative estimate of drug-likeness (QED) is 0.742. The minimum absolute atomic E-state index is 0.0627. The van der Waals surface area contributed by atoms with Crippen molar-refractivity contribution in [3.05, 3.63) is 35.5 Å². The highest BCUT2D eigenvalue weighted by molar-refractivity contribution is 8.14. The van der Waals surface area contributed by atoms with Gasteiger partial charge in [0.05, 0.1) is 5.52 Å². The lowest BCUT2D eigenvalue weighted by Crippen LogP contribution is -1.94. The van der Waals surface area contributed by atoms with Crippen molar-refractivity contribution in [3.63, 3.8) is 0 Å². The molecule has 1 aromatic carbocycles. The number of hydrogen-bond donors (Lipinski definition) is 0. The van der Waals surface area contributed by atoms with Crippen molar-refractivity contribution in [1.29, 1.82) is 0 Å². The minimum Gasteiger partial charge on any atom is -0.255 e. The Hall–Kier alpha value is -0.840. The topological polar surface area (TPSA) is 47.0 Å². The number of halogens is 2. The van der Waals surface area contributed by atoms with Gasteiger partial charge in [0.2, 0.25) is 0 Å². The summed E-state index contributed by atoms with van der Waals surface area (Å²) >= 11 is 5.78. The van der Waals surface area contributed by atoms with E-state index in [2.05, 4.69) is 4.98 Å². The Morgan fingerprint density at radius 1 is 1.27 bits per heavy atom. The van der Waals surface area contributed by atoms with Crippen molar-refractivity contribution in [3.8, 4) is 0 Å². The summed E-state index contributed by atoms with van der Waals surface area (Å²) < 4.78 is 22.5. The molecule has 2 rings (SSSR count). The number of pyridine rings is 1. The van der Waals surface area contributed by atoms with Gasteiger partial charge in [-0.1, -0.05) is 17.7 Å². The molecule has 0 saturated carbocycles. The Bertz CT molecular complexity index is 625. The second-order valence-corrected chi connectivity index (χ2v) is 5.89. The third-order valence-electron chi connectivity index (χ3n) is 1.90. The normalized spacial score (nSPS) is 11.9. The average Bonchev–Trinajstić information content (AvgIpc) is 2.15. The molecule has 1 aromatic heterocycles. The molecule has 0 amide bonds. The predicted octanol–water partition coefficient (Wildman–Crippen LogP) is 2.82. The van der Waals surface area contributed by atoms with Gasteiger partial charge >= 0.3 is 0 Å². The molecule has 0 unspecified atom stereocenters. The van der Waals surface area contributed by atoms with E-state index in [1.165, 1.54) is 12.3 Å². The van der Waals surface area contributed by atoms with Crippen molar-refractivity contribution in [2.75, 3.05) is 0 Å². The van der Waals surface area contributed by atoms with E-state index in [4.69, 9.17) is 22.3 Å². The number of aromatic nitrogens is 1. The van der Waals surface area contributed by atoms with Gasteiger partial charge in [-0.3, -0.25) is 4.98 Å². The molecule has 0 aliphatic heterocycles. The second-order valence-electron chi connectivity index (χ2n) is 2.92. The third-order valence-corrected chi connectivity index (χ3v) is 3.45. The Balaban J connectivity index is 2.96. The van der Waals surface area contributed by atoms with Crippen molar-refractivity contribution in [2.45, 2.75) is 4.90 Å². The molecule has 0 N–H and O–H groups in total. The van der Waals surface area contributed by atoms with Gasteiger partial charge in [-0.15, -0.1) is 0 Å². The average molecular weight is 262 g/mol. The zero-order chi connectivity index (χ0) is 11.1. The fourth-order valence-corrected chi connectivity index (χ4v) is 2.62. The summed E-state index contributed by atoms with van der Waals surface area (Å²) in [4.78, 5) is 3.90. The molecular formula is C9H5Cl2NO2S.